The Balaban J connectivity index is 1.61. The standard InChI is InChI=1S/C13H23F2NO/c14-13(15)5-1-3-11(7-13)9-17-10-12-4-2-6-16-8-12/h11-12,16H,1-10H2. The van der Waals surface area contributed by atoms with Gasteiger partial charge >= 0.3 is 0 Å². The number of piperidine rings is 1. The molecule has 1 aliphatic heterocycles. The highest BCUT2D eigenvalue weighted by Crippen LogP contribution is 2.36. The van der Waals surface area contributed by atoms with E-state index < -0.39 is 5.92 Å². The lowest BCUT2D eigenvalue weighted by molar-refractivity contribution is -0.0688. The molecule has 0 aromatic rings. The molecule has 2 nitrogen and oxygen atoms in total. The van der Waals surface area contributed by atoms with E-state index in [4.69, 9.17) is 4.74 Å². The highest BCUT2D eigenvalue weighted by molar-refractivity contribution is 4.78. The molecule has 0 aromatic heterocycles. The van der Waals surface area contributed by atoms with Gasteiger partial charge in [0.05, 0.1) is 6.61 Å². The van der Waals surface area contributed by atoms with Crippen LogP contribution in [0.3, 0.4) is 0 Å². The first-order valence-corrected chi connectivity index (χ1v) is 6.82. The van der Waals surface area contributed by atoms with Gasteiger partial charge in [-0.2, -0.15) is 0 Å². The molecule has 0 bridgehead atoms. The van der Waals surface area contributed by atoms with Crippen molar-refractivity contribution in [1.29, 1.82) is 0 Å². The zero-order valence-electron chi connectivity index (χ0n) is 10.4. The van der Waals surface area contributed by atoms with E-state index in [1.807, 2.05) is 0 Å². The van der Waals surface area contributed by atoms with Crippen LogP contribution in [0.2, 0.25) is 0 Å². The third kappa shape index (κ3) is 4.51. The second-order valence-electron chi connectivity index (χ2n) is 5.57. The maximum atomic E-state index is 13.2. The molecule has 0 spiro atoms. The first kappa shape index (κ1) is 13.2. The zero-order valence-corrected chi connectivity index (χ0v) is 10.4. The Morgan fingerprint density at radius 1 is 1.12 bits per heavy atom. The Morgan fingerprint density at radius 2 is 1.88 bits per heavy atom. The molecule has 100 valence electrons. The van der Waals surface area contributed by atoms with Crippen molar-refractivity contribution in [3.8, 4) is 0 Å². The predicted octanol–water partition coefficient (Wildman–Crippen LogP) is 2.83. The summed E-state index contributed by atoms with van der Waals surface area (Å²) < 4.78 is 32.0. The Kier molecular flexibility index (Phi) is 4.74. The minimum atomic E-state index is -2.45. The molecule has 1 aliphatic carbocycles. The largest absolute Gasteiger partial charge is 0.381 e. The van der Waals surface area contributed by atoms with Crippen molar-refractivity contribution in [2.45, 2.75) is 44.4 Å². The van der Waals surface area contributed by atoms with Crippen molar-refractivity contribution in [2.75, 3.05) is 26.3 Å². The molecule has 2 fully saturated rings. The van der Waals surface area contributed by atoms with Crippen LogP contribution in [0.25, 0.3) is 0 Å². The summed E-state index contributed by atoms with van der Waals surface area (Å²) in [6, 6.07) is 0. The minimum Gasteiger partial charge on any atom is -0.381 e. The topological polar surface area (TPSA) is 21.3 Å². The lowest BCUT2D eigenvalue weighted by Gasteiger charge is -2.29. The Hall–Kier alpha value is -0.220. The summed E-state index contributed by atoms with van der Waals surface area (Å²) in [5, 5.41) is 3.34. The van der Waals surface area contributed by atoms with E-state index in [0.29, 0.717) is 18.9 Å². The minimum absolute atomic E-state index is 0.0237. The summed E-state index contributed by atoms with van der Waals surface area (Å²) in [4.78, 5) is 0. The third-order valence-electron chi connectivity index (χ3n) is 3.85. The molecular weight excluding hydrogens is 224 g/mol. The van der Waals surface area contributed by atoms with Gasteiger partial charge in [0.25, 0.3) is 0 Å². The highest BCUT2D eigenvalue weighted by Gasteiger charge is 2.36. The average molecular weight is 247 g/mol. The lowest BCUT2D eigenvalue weighted by Crippen LogP contribution is -2.33. The maximum absolute atomic E-state index is 13.2. The van der Waals surface area contributed by atoms with Gasteiger partial charge in [-0.3, -0.25) is 0 Å². The van der Waals surface area contributed by atoms with Crippen LogP contribution in [-0.2, 0) is 4.74 Å². The van der Waals surface area contributed by atoms with Gasteiger partial charge in [-0.05, 0) is 44.1 Å². The summed E-state index contributed by atoms with van der Waals surface area (Å²) in [5.41, 5.74) is 0. The number of alkyl halides is 2. The van der Waals surface area contributed by atoms with E-state index in [1.165, 1.54) is 12.8 Å². The van der Waals surface area contributed by atoms with Crippen molar-refractivity contribution in [3.63, 3.8) is 0 Å². The first-order chi connectivity index (χ1) is 8.16. The average Bonchev–Trinajstić information content (AvgIpc) is 2.29. The molecule has 0 amide bonds. The molecule has 1 saturated heterocycles. The van der Waals surface area contributed by atoms with Gasteiger partial charge < -0.3 is 10.1 Å². The molecule has 2 atom stereocenters. The van der Waals surface area contributed by atoms with Crippen LogP contribution in [0, 0.1) is 11.8 Å². The van der Waals surface area contributed by atoms with Crippen molar-refractivity contribution in [2.24, 2.45) is 11.8 Å². The molecule has 4 heteroatoms. The maximum Gasteiger partial charge on any atom is 0.248 e. The summed E-state index contributed by atoms with van der Waals surface area (Å²) >= 11 is 0. The molecule has 0 radical (unpaired) electrons. The molecule has 2 aliphatic rings. The van der Waals surface area contributed by atoms with Crippen LogP contribution in [0.1, 0.15) is 38.5 Å². The molecule has 1 saturated carbocycles. The smallest absolute Gasteiger partial charge is 0.248 e. The second-order valence-corrected chi connectivity index (χ2v) is 5.57. The van der Waals surface area contributed by atoms with E-state index in [1.54, 1.807) is 0 Å². The molecule has 1 N–H and O–H groups in total. The monoisotopic (exact) mass is 247 g/mol. The van der Waals surface area contributed by atoms with E-state index in [0.717, 1.165) is 26.1 Å². The van der Waals surface area contributed by atoms with Crippen LogP contribution in [0.4, 0.5) is 8.78 Å². The van der Waals surface area contributed by atoms with E-state index in [9.17, 15) is 8.78 Å². The quantitative estimate of drug-likeness (QED) is 0.825. The highest BCUT2D eigenvalue weighted by atomic mass is 19.3. The SMILES string of the molecule is FC1(F)CCCC(COCC2CCCNC2)C1. The fourth-order valence-corrected chi connectivity index (χ4v) is 2.89. The van der Waals surface area contributed by atoms with Crippen molar-refractivity contribution >= 4 is 0 Å². The first-order valence-electron chi connectivity index (χ1n) is 6.82. The molecule has 2 unspecified atom stereocenters. The van der Waals surface area contributed by atoms with Gasteiger partial charge in [-0.25, -0.2) is 8.78 Å². The van der Waals surface area contributed by atoms with Crippen LogP contribution >= 0.6 is 0 Å². The molecule has 17 heavy (non-hydrogen) atoms. The fraction of sp³-hybridized carbons (Fsp3) is 1.00. The van der Waals surface area contributed by atoms with Crippen LogP contribution in [-0.4, -0.2) is 32.2 Å². The van der Waals surface area contributed by atoms with E-state index >= 15 is 0 Å². The van der Waals surface area contributed by atoms with E-state index in [-0.39, 0.29) is 18.8 Å². The molecule has 1 heterocycles. The van der Waals surface area contributed by atoms with Crippen LogP contribution in [0.15, 0.2) is 0 Å². The fourth-order valence-electron chi connectivity index (χ4n) is 2.89. The van der Waals surface area contributed by atoms with Gasteiger partial charge in [0.2, 0.25) is 5.92 Å². The van der Waals surface area contributed by atoms with Crippen molar-refractivity contribution < 1.29 is 13.5 Å². The summed E-state index contributed by atoms with van der Waals surface area (Å²) in [6.45, 7) is 3.37. The summed E-state index contributed by atoms with van der Waals surface area (Å²) in [6.07, 6.45) is 4.04. The van der Waals surface area contributed by atoms with Crippen LogP contribution < -0.4 is 5.32 Å². The summed E-state index contributed by atoms with van der Waals surface area (Å²) in [5.74, 6) is -1.80. The zero-order chi connectivity index (χ0) is 12.1. The molecule has 2 rings (SSSR count). The number of halogens is 2. The van der Waals surface area contributed by atoms with Crippen molar-refractivity contribution in [1.82, 2.24) is 5.32 Å². The van der Waals surface area contributed by atoms with Gasteiger partial charge in [-0.15, -0.1) is 0 Å². The van der Waals surface area contributed by atoms with Gasteiger partial charge in [0.15, 0.2) is 0 Å². The van der Waals surface area contributed by atoms with Gasteiger partial charge in [0, 0.05) is 26.0 Å². The number of hydrogen-bond donors (Lipinski definition) is 1. The molecule has 0 aromatic carbocycles. The van der Waals surface area contributed by atoms with E-state index in [2.05, 4.69) is 5.32 Å². The van der Waals surface area contributed by atoms with Gasteiger partial charge in [-0.1, -0.05) is 0 Å². The predicted molar refractivity (Wildman–Crippen MR) is 63.3 cm³/mol. The second kappa shape index (κ2) is 6.10. The number of nitrogens with one attached hydrogen (secondary N) is 1. The lowest BCUT2D eigenvalue weighted by atomic mass is 9.87. The number of hydrogen-bond acceptors (Lipinski definition) is 2. The number of rotatable bonds is 4. The van der Waals surface area contributed by atoms with Crippen molar-refractivity contribution in [3.05, 3.63) is 0 Å². The van der Waals surface area contributed by atoms with Crippen LogP contribution in [0.5, 0.6) is 0 Å². The Morgan fingerprint density at radius 3 is 2.59 bits per heavy atom. The Labute approximate surface area is 102 Å². The molecular formula is C13H23F2NO. The normalized spacial score (nSPS) is 33.5. The van der Waals surface area contributed by atoms with Gasteiger partial charge in [0.1, 0.15) is 0 Å². The number of ether oxygens (including phenoxy) is 1. The third-order valence-corrected chi connectivity index (χ3v) is 3.85. The Bertz CT molecular complexity index is 229. The summed E-state index contributed by atoms with van der Waals surface area (Å²) in [7, 11) is 0.